The third-order valence-electron chi connectivity index (χ3n) is 7.26. The quantitative estimate of drug-likeness (QED) is 0.260. The number of pyridine rings is 1. The van der Waals surface area contributed by atoms with E-state index in [-0.39, 0.29) is 0 Å². The van der Waals surface area contributed by atoms with Crippen LogP contribution in [0.15, 0.2) is 97.3 Å². The number of rotatable bonds is 4. The molecule has 0 bridgehead atoms. The van der Waals surface area contributed by atoms with Gasteiger partial charge in [-0.3, -0.25) is 4.98 Å². The maximum absolute atomic E-state index is 10.6. The largest absolute Gasteiger partial charge is 0.497 e. The molecule has 4 aromatic carbocycles. The molecule has 0 saturated carbocycles. The summed E-state index contributed by atoms with van der Waals surface area (Å²) in [6.45, 7) is 0. The van der Waals surface area contributed by atoms with Crippen molar-refractivity contribution < 1.29 is 9.47 Å². The fourth-order valence-electron chi connectivity index (χ4n) is 5.57. The highest BCUT2D eigenvalue weighted by Crippen LogP contribution is 2.38. The lowest BCUT2D eigenvalue weighted by molar-refractivity contribution is 0.415. The van der Waals surface area contributed by atoms with Crippen molar-refractivity contribution in [2.45, 2.75) is 0 Å². The van der Waals surface area contributed by atoms with Crippen LogP contribution in [0.25, 0.3) is 55.0 Å². The lowest BCUT2D eigenvalue weighted by Crippen LogP contribution is -2.05. The molecule has 6 nitrogen and oxygen atoms in total. The van der Waals surface area contributed by atoms with E-state index in [2.05, 4.69) is 44.5 Å². The van der Waals surface area contributed by atoms with Gasteiger partial charge in [-0.15, -0.1) is 0 Å². The van der Waals surface area contributed by atoms with Crippen molar-refractivity contribution in [2.24, 2.45) is 0 Å². The van der Waals surface area contributed by atoms with Gasteiger partial charge in [0.2, 0.25) is 0 Å². The summed E-state index contributed by atoms with van der Waals surface area (Å²) in [5.41, 5.74) is 5.94. The highest BCUT2D eigenvalue weighted by atomic mass is 16.5. The van der Waals surface area contributed by atoms with Crippen molar-refractivity contribution in [3.05, 3.63) is 103 Å². The van der Waals surface area contributed by atoms with E-state index in [1.165, 1.54) is 0 Å². The Labute approximate surface area is 218 Å². The highest BCUT2D eigenvalue weighted by molar-refractivity contribution is 6.11. The van der Waals surface area contributed by atoms with Gasteiger partial charge >= 0.3 is 0 Å². The zero-order valence-electron chi connectivity index (χ0n) is 20.8. The predicted molar refractivity (Wildman–Crippen MR) is 151 cm³/mol. The molecular formula is C32H22N4O2. The molecule has 0 unspecified atom stereocenters. The van der Waals surface area contributed by atoms with Crippen LogP contribution < -0.4 is 9.47 Å². The van der Waals surface area contributed by atoms with Gasteiger partial charge in [-0.25, -0.2) is 0 Å². The van der Waals surface area contributed by atoms with Crippen LogP contribution in [0.1, 0.15) is 5.56 Å². The molecule has 0 aliphatic rings. The summed E-state index contributed by atoms with van der Waals surface area (Å²) in [5.74, 6) is 1.57. The summed E-state index contributed by atoms with van der Waals surface area (Å²) in [6, 6.07) is 31.0. The van der Waals surface area contributed by atoms with Gasteiger partial charge in [0.25, 0.3) is 0 Å². The molecule has 0 N–H and O–H groups in total. The van der Waals surface area contributed by atoms with Gasteiger partial charge in [0.15, 0.2) is 0 Å². The van der Waals surface area contributed by atoms with Gasteiger partial charge in [0.05, 0.1) is 60.1 Å². The van der Waals surface area contributed by atoms with Crippen molar-refractivity contribution in [1.82, 2.24) is 14.1 Å². The number of methoxy groups -OCH3 is 2. The summed E-state index contributed by atoms with van der Waals surface area (Å²) in [7, 11) is 3.34. The molecule has 38 heavy (non-hydrogen) atoms. The molecule has 7 rings (SSSR count). The molecule has 0 aliphatic carbocycles. The van der Waals surface area contributed by atoms with Gasteiger partial charge in [0.1, 0.15) is 23.1 Å². The van der Waals surface area contributed by atoms with Crippen LogP contribution in [-0.4, -0.2) is 28.3 Å². The van der Waals surface area contributed by atoms with E-state index in [0.29, 0.717) is 5.56 Å². The molecule has 0 aliphatic heterocycles. The number of benzene rings is 4. The number of ether oxygens (including phenoxy) is 2. The third kappa shape index (κ3) is 3.02. The van der Waals surface area contributed by atoms with E-state index in [4.69, 9.17) is 9.47 Å². The molecule has 182 valence electrons. The second-order valence-electron chi connectivity index (χ2n) is 9.14. The Kier molecular flexibility index (Phi) is 4.85. The zero-order valence-corrected chi connectivity index (χ0v) is 20.8. The van der Waals surface area contributed by atoms with E-state index >= 15 is 0 Å². The first-order chi connectivity index (χ1) is 18.7. The van der Waals surface area contributed by atoms with Crippen LogP contribution in [0.3, 0.4) is 0 Å². The summed E-state index contributed by atoms with van der Waals surface area (Å²) in [4.78, 5) is 4.66. The predicted octanol–water partition coefficient (Wildman–Crippen LogP) is 7.16. The molecule has 3 aromatic heterocycles. The Morgan fingerprint density at radius 3 is 1.50 bits per heavy atom. The number of hydrogen-bond acceptors (Lipinski definition) is 4. The number of hydrogen-bond donors (Lipinski definition) is 0. The van der Waals surface area contributed by atoms with Crippen LogP contribution in [-0.2, 0) is 0 Å². The average molecular weight is 495 g/mol. The summed E-state index contributed by atoms with van der Waals surface area (Å²) >= 11 is 0. The molecule has 6 heteroatoms. The molecule has 0 fully saturated rings. The Bertz CT molecular complexity index is 1940. The average Bonchev–Trinajstić information content (AvgIpc) is 3.48. The van der Waals surface area contributed by atoms with Crippen molar-refractivity contribution in [1.29, 1.82) is 5.26 Å². The van der Waals surface area contributed by atoms with Crippen molar-refractivity contribution in [2.75, 3.05) is 14.2 Å². The second kappa shape index (κ2) is 8.39. The Balaban J connectivity index is 1.59. The van der Waals surface area contributed by atoms with E-state index in [1.807, 2.05) is 60.7 Å². The topological polar surface area (TPSA) is 65.0 Å². The van der Waals surface area contributed by atoms with E-state index < -0.39 is 0 Å². The Morgan fingerprint density at radius 1 is 0.605 bits per heavy atom. The maximum atomic E-state index is 10.6. The minimum atomic E-state index is 0.539. The highest BCUT2D eigenvalue weighted by Gasteiger charge is 2.21. The monoisotopic (exact) mass is 494 g/mol. The summed E-state index contributed by atoms with van der Waals surface area (Å²) in [6.07, 6.45) is 3.55. The van der Waals surface area contributed by atoms with Crippen LogP contribution in [0.2, 0.25) is 0 Å². The van der Waals surface area contributed by atoms with Crippen LogP contribution in [0, 0.1) is 11.3 Å². The smallest absolute Gasteiger partial charge is 0.119 e. The first-order valence-electron chi connectivity index (χ1n) is 12.3. The molecule has 0 saturated heterocycles. The van der Waals surface area contributed by atoms with Gasteiger partial charge in [-0.05, 0) is 48.5 Å². The van der Waals surface area contributed by atoms with Crippen molar-refractivity contribution in [3.63, 3.8) is 0 Å². The van der Waals surface area contributed by atoms with Crippen molar-refractivity contribution >= 4 is 43.6 Å². The lowest BCUT2D eigenvalue weighted by Gasteiger charge is -2.15. The number of fused-ring (bicyclic) bond motifs is 6. The van der Waals surface area contributed by atoms with Gasteiger partial charge in [-0.2, -0.15) is 5.26 Å². The molecule has 3 heterocycles. The van der Waals surface area contributed by atoms with E-state index in [9.17, 15) is 5.26 Å². The number of aromatic nitrogens is 3. The minimum Gasteiger partial charge on any atom is -0.497 e. The first-order valence-corrected chi connectivity index (χ1v) is 12.3. The Morgan fingerprint density at radius 2 is 1.05 bits per heavy atom. The third-order valence-corrected chi connectivity index (χ3v) is 7.26. The van der Waals surface area contributed by atoms with E-state index in [0.717, 1.165) is 66.5 Å². The summed E-state index contributed by atoms with van der Waals surface area (Å²) in [5, 5.41) is 14.9. The molecule has 0 radical (unpaired) electrons. The SMILES string of the molecule is COc1ccc2c(c1)c1ccccc1n2-c1cncc(-n2c3ccccc3c3cc(OC)ccc32)c1C#N. The molecule has 0 amide bonds. The molecular weight excluding hydrogens is 472 g/mol. The number of para-hydroxylation sites is 2. The van der Waals surface area contributed by atoms with Gasteiger partial charge < -0.3 is 18.6 Å². The normalized spacial score (nSPS) is 11.4. The lowest BCUT2D eigenvalue weighted by atomic mass is 10.1. The van der Waals surface area contributed by atoms with Crippen molar-refractivity contribution in [3.8, 4) is 28.9 Å². The van der Waals surface area contributed by atoms with Gasteiger partial charge in [-0.1, -0.05) is 36.4 Å². The number of nitrogens with zero attached hydrogens (tertiary/aromatic N) is 4. The molecule has 0 spiro atoms. The fraction of sp³-hybridized carbons (Fsp3) is 0.0625. The van der Waals surface area contributed by atoms with E-state index in [1.54, 1.807) is 26.6 Å². The first kappa shape index (κ1) is 22.0. The van der Waals surface area contributed by atoms with Crippen LogP contribution in [0.5, 0.6) is 11.5 Å². The standard InChI is InChI=1S/C32H22N4O2/c1-37-20-11-13-29-24(15-20)22-7-3-5-9-27(22)35(29)31-18-34-19-32(26(31)17-33)36-28-10-6-4-8-23(28)25-16-21(38-2)12-14-30(25)36/h3-16,18-19H,1-2H3. The maximum Gasteiger partial charge on any atom is 0.119 e. The molecule has 0 atom stereocenters. The Hall–Kier alpha value is -5.28. The minimum absolute atomic E-state index is 0.539. The van der Waals surface area contributed by atoms with Crippen LogP contribution >= 0.6 is 0 Å². The van der Waals surface area contributed by atoms with Crippen LogP contribution in [0.4, 0.5) is 0 Å². The number of nitriles is 1. The fourth-order valence-corrected chi connectivity index (χ4v) is 5.57. The zero-order chi connectivity index (χ0) is 25.8. The molecule has 7 aromatic rings. The van der Waals surface area contributed by atoms with Gasteiger partial charge in [0, 0.05) is 21.5 Å². The second-order valence-corrected chi connectivity index (χ2v) is 9.14. The summed E-state index contributed by atoms with van der Waals surface area (Å²) < 4.78 is 15.3.